The third-order valence-electron chi connectivity index (χ3n) is 5.46. The number of nitrogens with zero attached hydrogens (tertiary/aromatic N) is 3. The van der Waals surface area contributed by atoms with Crippen LogP contribution in [0.3, 0.4) is 0 Å². The van der Waals surface area contributed by atoms with Crippen molar-refractivity contribution in [2.75, 3.05) is 31.4 Å². The minimum Gasteiger partial charge on any atom is -0.489 e. The van der Waals surface area contributed by atoms with Gasteiger partial charge in [-0.25, -0.2) is 0 Å². The molecule has 0 aliphatic heterocycles. The molecule has 0 aliphatic rings. The maximum Gasteiger partial charge on any atom is 0.416 e. The van der Waals surface area contributed by atoms with Crippen LogP contribution in [0.15, 0.2) is 70.4 Å². The molecule has 1 N–H and O–H groups in total. The minimum absolute atomic E-state index is 0.0815. The summed E-state index contributed by atoms with van der Waals surface area (Å²) in [6.45, 7) is 2.61. The second kappa shape index (κ2) is 12.2. The van der Waals surface area contributed by atoms with E-state index >= 15 is 0 Å². The van der Waals surface area contributed by atoms with Crippen molar-refractivity contribution in [2.45, 2.75) is 24.8 Å². The van der Waals surface area contributed by atoms with Gasteiger partial charge in [0.25, 0.3) is 0 Å². The zero-order chi connectivity index (χ0) is 27.1. The molecule has 0 radical (unpaired) electrons. The lowest BCUT2D eigenvalue weighted by atomic mass is 10.1. The number of rotatable bonds is 11. The Morgan fingerprint density at radius 2 is 1.89 bits per heavy atom. The molecule has 2 aromatic heterocycles. The fraction of sp³-hybridized carbons (Fsp3) is 0.269. The molecule has 12 heteroatoms. The van der Waals surface area contributed by atoms with Crippen molar-refractivity contribution < 1.29 is 31.9 Å². The van der Waals surface area contributed by atoms with Crippen LogP contribution in [0.25, 0.3) is 11.4 Å². The van der Waals surface area contributed by atoms with Crippen LogP contribution in [0, 0.1) is 6.92 Å². The molecule has 0 unspecified atom stereocenters. The number of hydrogen-bond acceptors (Lipinski definition) is 7. The second-order valence-corrected chi connectivity index (χ2v) is 9.10. The first-order valence-corrected chi connectivity index (χ1v) is 12.5. The molecule has 4 rings (SSSR count). The van der Waals surface area contributed by atoms with Gasteiger partial charge in [-0.1, -0.05) is 42.1 Å². The topological polar surface area (TPSA) is 91.4 Å². The number of hydrogen-bond donors (Lipinski definition) is 1. The molecule has 0 saturated heterocycles. The van der Waals surface area contributed by atoms with Gasteiger partial charge < -0.3 is 19.2 Å². The number of anilines is 1. The average molecular weight is 547 g/mol. The average Bonchev–Trinajstić information content (AvgIpc) is 3.49. The maximum absolute atomic E-state index is 13.3. The van der Waals surface area contributed by atoms with Gasteiger partial charge in [-0.3, -0.25) is 9.36 Å². The van der Waals surface area contributed by atoms with Crippen molar-refractivity contribution in [2.24, 2.45) is 0 Å². The van der Waals surface area contributed by atoms with Crippen molar-refractivity contribution in [1.82, 2.24) is 14.8 Å². The van der Waals surface area contributed by atoms with Gasteiger partial charge >= 0.3 is 6.18 Å². The summed E-state index contributed by atoms with van der Waals surface area (Å²) in [5.74, 6) is 0.714. The van der Waals surface area contributed by atoms with E-state index in [-0.39, 0.29) is 30.4 Å². The molecule has 200 valence electrons. The van der Waals surface area contributed by atoms with Crippen LogP contribution in [0.4, 0.5) is 18.9 Å². The summed E-state index contributed by atoms with van der Waals surface area (Å²) >= 11 is 1.12. The highest BCUT2D eigenvalue weighted by molar-refractivity contribution is 7.99. The first-order chi connectivity index (χ1) is 18.3. The summed E-state index contributed by atoms with van der Waals surface area (Å²) in [4.78, 5) is 12.8. The van der Waals surface area contributed by atoms with Crippen molar-refractivity contribution in [3.8, 4) is 17.1 Å². The molecule has 2 aromatic carbocycles. The Kier molecular flexibility index (Phi) is 8.74. The number of carbonyl (C=O) groups is 1. The zero-order valence-electron chi connectivity index (χ0n) is 20.6. The highest BCUT2D eigenvalue weighted by atomic mass is 32.2. The van der Waals surface area contributed by atoms with E-state index in [1.54, 1.807) is 12.3 Å². The highest BCUT2D eigenvalue weighted by Crippen LogP contribution is 2.35. The van der Waals surface area contributed by atoms with Crippen LogP contribution < -0.4 is 10.1 Å². The lowest BCUT2D eigenvalue weighted by Gasteiger charge is -2.15. The number of amides is 1. The quantitative estimate of drug-likeness (QED) is 0.191. The molecule has 0 spiro atoms. The van der Waals surface area contributed by atoms with Crippen LogP contribution in [-0.2, 0) is 22.3 Å². The fourth-order valence-electron chi connectivity index (χ4n) is 3.60. The number of alkyl halides is 3. The Hall–Kier alpha value is -3.77. The first kappa shape index (κ1) is 27.3. The fourth-order valence-corrected chi connectivity index (χ4v) is 4.34. The Balaban J connectivity index is 1.53. The molecule has 0 atom stereocenters. The number of thioether (sulfide) groups is 1. The van der Waals surface area contributed by atoms with Crippen LogP contribution in [0.5, 0.6) is 5.75 Å². The maximum atomic E-state index is 13.3. The van der Waals surface area contributed by atoms with E-state index < -0.39 is 17.6 Å². The van der Waals surface area contributed by atoms with Crippen LogP contribution in [0.2, 0.25) is 0 Å². The van der Waals surface area contributed by atoms with Gasteiger partial charge in [0.2, 0.25) is 5.91 Å². The van der Waals surface area contributed by atoms with Gasteiger partial charge in [-0.05, 0) is 36.8 Å². The van der Waals surface area contributed by atoms with Gasteiger partial charge in [0.1, 0.15) is 18.1 Å². The van der Waals surface area contributed by atoms with Crippen molar-refractivity contribution in [1.29, 1.82) is 0 Å². The first-order valence-electron chi connectivity index (χ1n) is 11.5. The van der Waals surface area contributed by atoms with E-state index in [1.165, 1.54) is 13.2 Å². The van der Waals surface area contributed by atoms with Crippen molar-refractivity contribution >= 4 is 23.4 Å². The van der Waals surface area contributed by atoms with E-state index in [2.05, 4.69) is 15.5 Å². The third-order valence-corrected chi connectivity index (χ3v) is 6.43. The van der Waals surface area contributed by atoms with Crippen molar-refractivity contribution in [3.63, 3.8) is 0 Å². The number of halogens is 3. The van der Waals surface area contributed by atoms with Gasteiger partial charge in [-0.2, -0.15) is 13.2 Å². The number of methoxy groups -OCH3 is 1. The Morgan fingerprint density at radius 3 is 2.58 bits per heavy atom. The SMILES string of the molecule is COCCOc1ccc(C(F)(F)F)cc1NC(=O)CSc1nnc(-c2ccoc2C)n1Cc1ccccc1. The summed E-state index contributed by atoms with van der Waals surface area (Å²) in [6.07, 6.45) is -3.01. The Labute approximate surface area is 221 Å². The molecule has 0 saturated carbocycles. The third kappa shape index (κ3) is 6.75. The summed E-state index contributed by atoms with van der Waals surface area (Å²) in [7, 11) is 1.48. The number of aromatic nitrogens is 3. The Bertz CT molecular complexity index is 1370. The van der Waals surface area contributed by atoms with E-state index in [1.807, 2.05) is 41.8 Å². The molecule has 38 heavy (non-hydrogen) atoms. The predicted octanol–water partition coefficient (Wildman–Crippen LogP) is 5.67. The van der Waals surface area contributed by atoms with Gasteiger partial charge in [-0.15, -0.1) is 10.2 Å². The normalized spacial score (nSPS) is 11.5. The highest BCUT2D eigenvalue weighted by Gasteiger charge is 2.31. The standard InChI is InChI=1S/C26H25F3N4O4S/c1-17-20(10-11-36-17)24-31-32-25(33(24)15-18-6-4-3-5-7-18)38-16-23(34)30-21-14-19(26(27,28)29)8-9-22(21)37-13-12-35-2/h3-11,14H,12-13,15-16H2,1-2H3,(H,30,34). The molecule has 0 aliphatic carbocycles. The van der Waals surface area contributed by atoms with Crippen LogP contribution in [-0.4, -0.2) is 46.7 Å². The lowest BCUT2D eigenvalue weighted by Crippen LogP contribution is -2.17. The van der Waals surface area contributed by atoms with Crippen LogP contribution in [0.1, 0.15) is 16.9 Å². The van der Waals surface area contributed by atoms with Gasteiger partial charge in [0.05, 0.1) is 42.0 Å². The molecule has 0 bridgehead atoms. The second-order valence-electron chi connectivity index (χ2n) is 8.16. The van der Waals surface area contributed by atoms with Gasteiger partial charge in [0.15, 0.2) is 11.0 Å². The van der Waals surface area contributed by atoms with E-state index in [9.17, 15) is 18.0 Å². The number of aryl methyl sites for hydroxylation is 1. The van der Waals surface area contributed by atoms with E-state index in [4.69, 9.17) is 13.9 Å². The monoisotopic (exact) mass is 546 g/mol. The molecular weight excluding hydrogens is 521 g/mol. The molecule has 2 heterocycles. The summed E-state index contributed by atoms with van der Waals surface area (Å²) in [5, 5.41) is 11.6. The largest absolute Gasteiger partial charge is 0.489 e. The number of benzene rings is 2. The van der Waals surface area contributed by atoms with Gasteiger partial charge in [0, 0.05) is 7.11 Å². The lowest BCUT2D eigenvalue weighted by molar-refractivity contribution is -0.137. The molecule has 4 aromatic rings. The zero-order valence-corrected chi connectivity index (χ0v) is 21.4. The molecular formula is C26H25F3N4O4S. The minimum atomic E-state index is -4.57. The number of ether oxygens (including phenoxy) is 2. The summed E-state index contributed by atoms with van der Waals surface area (Å²) in [6, 6.07) is 14.4. The summed E-state index contributed by atoms with van der Waals surface area (Å²) in [5.41, 5.74) is 0.790. The van der Waals surface area contributed by atoms with E-state index in [0.717, 1.165) is 35.0 Å². The Morgan fingerprint density at radius 1 is 1.11 bits per heavy atom. The molecule has 1 amide bonds. The predicted molar refractivity (Wildman–Crippen MR) is 136 cm³/mol. The molecule has 0 fully saturated rings. The van der Waals surface area contributed by atoms with Crippen molar-refractivity contribution in [3.05, 3.63) is 77.7 Å². The summed E-state index contributed by atoms with van der Waals surface area (Å²) < 4.78 is 57.6. The molecule has 8 nitrogen and oxygen atoms in total. The smallest absolute Gasteiger partial charge is 0.416 e. The van der Waals surface area contributed by atoms with Crippen LogP contribution >= 0.6 is 11.8 Å². The number of furan rings is 1. The number of carbonyl (C=O) groups excluding carboxylic acids is 1. The van der Waals surface area contributed by atoms with E-state index in [0.29, 0.717) is 23.3 Å². The number of nitrogens with one attached hydrogen (secondary N) is 1.